The lowest BCUT2D eigenvalue weighted by atomic mass is 10.1. The smallest absolute Gasteiger partial charge is 0.257 e. The highest BCUT2D eigenvalue weighted by Crippen LogP contribution is 2.28. The third-order valence-electron chi connectivity index (χ3n) is 4.34. The van der Waals surface area contributed by atoms with E-state index >= 15 is 0 Å². The Kier molecular flexibility index (Phi) is 5.89. The van der Waals surface area contributed by atoms with Gasteiger partial charge in [0.2, 0.25) is 0 Å². The second kappa shape index (κ2) is 8.32. The van der Waals surface area contributed by atoms with Crippen molar-refractivity contribution >= 4 is 32.6 Å². The van der Waals surface area contributed by atoms with Gasteiger partial charge in [-0.3, -0.25) is 10.1 Å². The second-order valence-corrected chi connectivity index (χ2v) is 7.49. The van der Waals surface area contributed by atoms with Gasteiger partial charge in [0.25, 0.3) is 5.91 Å². The molecular formula is C21H24N2O2S. The average Bonchev–Trinajstić information content (AvgIpc) is 3.00. The van der Waals surface area contributed by atoms with Crippen molar-refractivity contribution in [3.8, 4) is 5.75 Å². The summed E-state index contributed by atoms with van der Waals surface area (Å²) in [5.41, 5.74) is 3.92. The Morgan fingerprint density at radius 1 is 1.15 bits per heavy atom. The van der Waals surface area contributed by atoms with Crippen LogP contribution >= 0.6 is 11.3 Å². The lowest BCUT2D eigenvalue weighted by Gasteiger charge is -2.07. The van der Waals surface area contributed by atoms with E-state index in [1.165, 1.54) is 22.5 Å². The number of hydrogen-bond donors (Lipinski definition) is 1. The first-order valence-corrected chi connectivity index (χ1v) is 9.80. The molecule has 3 aromatic rings. The van der Waals surface area contributed by atoms with Crippen molar-refractivity contribution in [1.29, 1.82) is 0 Å². The van der Waals surface area contributed by atoms with Crippen LogP contribution in [0.4, 0.5) is 5.13 Å². The fourth-order valence-electron chi connectivity index (χ4n) is 2.67. The van der Waals surface area contributed by atoms with Crippen LogP contribution in [0.5, 0.6) is 5.75 Å². The van der Waals surface area contributed by atoms with E-state index in [0.29, 0.717) is 17.3 Å². The highest BCUT2D eigenvalue weighted by Gasteiger charge is 2.11. The summed E-state index contributed by atoms with van der Waals surface area (Å²) in [6, 6.07) is 11.5. The summed E-state index contributed by atoms with van der Waals surface area (Å²) in [7, 11) is 0. The lowest BCUT2D eigenvalue weighted by Crippen LogP contribution is -2.11. The van der Waals surface area contributed by atoms with E-state index in [9.17, 15) is 4.79 Å². The molecule has 0 bridgehead atoms. The van der Waals surface area contributed by atoms with E-state index in [0.717, 1.165) is 35.2 Å². The maximum absolute atomic E-state index is 12.6. The van der Waals surface area contributed by atoms with Crippen LogP contribution in [0.2, 0.25) is 0 Å². The summed E-state index contributed by atoms with van der Waals surface area (Å²) in [6.45, 7) is 6.99. The number of nitrogens with one attached hydrogen (secondary N) is 1. The van der Waals surface area contributed by atoms with Gasteiger partial charge in [-0.15, -0.1) is 0 Å². The number of ether oxygens (including phenoxy) is 1. The van der Waals surface area contributed by atoms with E-state index in [4.69, 9.17) is 4.74 Å². The van der Waals surface area contributed by atoms with E-state index in [-0.39, 0.29) is 5.91 Å². The van der Waals surface area contributed by atoms with Crippen LogP contribution in [0.15, 0.2) is 36.4 Å². The molecule has 0 aliphatic rings. The van der Waals surface area contributed by atoms with E-state index in [1.54, 1.807) is 12.1 Å². The van der Waals surface area contributed by atoms with Crippen LogP contribution in [0.25, 0.3) is 10.2 Å². The number of unbranched alkanes of at least 4 members (excludes halogenated alkanes) is 2. The quantitative estimate of drug-likeness (QED) is 0.541. The predicted octanol–water partition coefficient (Wildman–Crippen LogP) is 5.73. The van der Waals surface area contributed by atoms with Crippen LogP contribution in [0.3, 0.4) is 0 Å². The summed E-state index contributed by atoms with van der Waals surface area (Å²) in [5, 5.41) is 3.52. The highest BCUT2D eigenvalue weighted by molar-refractivity contribution is 7.22. The lowest BCUT2D eigenvalue weighted by molar-refractivity contribution is 0.102. The molecule has 0 spiro atoms. The molecule has 1 aromatic heterocycles. The zero-order chi connectivity index (χ0) is 18.5. The number of nitrogens with zero attached hydrogens (tertiary/aromatic N) is 1. The minimum atomic E-state index is -0.170. The van der Waals surface area contributed by atoms with Crippen molar-refractivity contribution in [3.63, 3.8) is 0 Å². The number of amides is 1. The molecule has 26 heavy (non-hydrogen) atoms. The second-order valence-electron chi connectivity index (χ2n) is 6.46. The van der Waals surface area contributed by atoms with Gasteiger partial charge in [0, 0.05) is 5.56 Å². The fraction of sp³-hybridized carbons (Fsp3) is 0.333. The highest BCUT2D eigenvalue weighted by atomic mass is 32.1. The molecule has 136 valence electrons. The number of aromatic nitrogens is 1. The Hall–Kier alpha value is -2.40. The van der Waals surface area contributed by atoms with Crippen LogP contribution < -0.4 is 10.1 Å². The van der Waals surface area contributed by atoms with Crippen molar-refractivity contribution in [2.75, 3.05) is 11.9 Å². The number of anilines is 1. The van der Waals surface area contributed by atoms with Crippen molar-refractivity contribution in [3.05, 3.63) is 53.1 Å². The first kappa shape index (κ1) is 18.4. The average molecular weight is 369 g/mol. The Labute approximate surface area is 158 Å². The van der Waals surface area contributed by atoms with E-state index < -0.39 is 0 Å². The molecule has 1 heterocycles. The number of carbonyl (C=O) groups excluding carboxylic acids is 1. The zero-order valence-corrected chi connectivity index (χ0v) is 16.3. The molecule has 1 amide bonds. The first-order valence-electron chi connectivity index (χ1n) is 8.99. The van der Waals surface area contributed by atoms with Gasteiger partial charge in [0.1, 0.15) is 5.75 Å². The monoisotopic (exact) mass is 368 g/mol. The Morgan fingerprint density at radius 2 is 1.96 bits per heavy atom. The summed E-state index contributed by atoms with van der Waals surface area (Å²) in [5.74, 6) is 0.556. The zero-order valence-electron chi connectivity index (χ0n) is 15.5. The maximum atomic E-state index is 12.6. The number of rotatable bonds is 7. The summed E-state index contributed by atoms with van der Waals surface area (Å²) >= 11 is 1.49. The number of benzene rings is 2. The van der Waals surface area contributed by atoms with Crippen LogP contribution in [-0.4, -0.2) is 17.5 Å². The SMILES string of the molecule is CCCCCOc1cccc(C(=O)Nc2nc3cc(C)c(C)cc3s2)c1. The minimum absolute atomic E-state index is 0.170. The van der Waals surface area contributed by atoms with Crippen LogP contribution in [-0.2, 0) is 0 Å². The topological polar surface area (TPSA) is 51.2 Å². The summed E-state index contributed by atoms with van der Waals surface area (Å²) in [4.78, 5) is 17.1. The number of hydrogen-bond acceptors (Lipinski definition) is 4. The summed E-state index contributed by atoms with van der Waals surface area (Å²) < 4.78 is 6.81. The standard InChI is InChI=1S/C21H24N2O2S/c1-4-5-6-10-25-17-9-7-8-16(13-17)20(24)23-21-22-18-11-14(2)15(3)12-19(18)26-21/h7-9,11-13H,4-6,10H2,1-3H3,(H,22,23,24). The molecule has 5 heteroatoms. The van der Waals surface area contributed by atoms with E-state index in [2.05, 4.69) is 43.2 Å². The Balaban J connectivity index is 1.69. The molecule has 0 saturated carbocycles. The molecule has 3 rings (SSSR count). The Bertz CT molecular complexity index is 879. The van der Waals surface area contributed by atoms with Crippen LogP contribution in [0.1, 0.15) is 47.7 Å². The first-order chi connectivity index (χ1) is 12.6. The van der Waals surface area contributed by atoms with Gasteiger partial charge in [-0.05, 0) is 61.7 Å². The summed E-state index contributed by atoms with van der Waals surface area (Å²) in [6.07, 6.45) is 3.33. The van der Waals surface area contributed by atoms with Crippen molar-refractivity contribution < 1.29 is 9.53 Å². The molecule has 0 atom stereocenters. The molecule has 1 N–H and O–H groups in total. The van der Waals surface area contributed by atoms with Gasteiger partial charge < -0.3 is 4.74 Å². The van der Waals surface area contributed by atoms with Crippen molar-refractivity contribution in [2.24, 2.45) is 0 Å². The van der Waals surface area contributed by atoms with Gasteiger partial charge in [-0.2, -0.15) is 0 Å². The third kappa shape index (κ3) is 4.41. The molecule has 0 fully saturated rings. The van der Waals surface area contributed by atoms with Crippen LogP contribution in [0, 0.1) is 13.8 Å². The van der Waals surface area contributed by atoms with Gasteiger partial charge >= 0.3 is 0 Å². The van der Waals surface area contributed by atoms with E-state index in [1.807, 2.05) is 12.1 Å². The minimum Gasteiger partial charge on any atom is -0.494 e. The van der Waals surface area contributed by atoms with Gasteiger partial charge in [0.05, 0.1) is 16.8 Å². The largest absolute Gasteiger partial charge is 0.494 e. The molecule has 0 unspecified atom stereocenters. The molecule has 0 radical (unpaired) electrons. The number of thiazole rings is 1. The maximum Gasteiger partial charge on any atom is 0.257 e. The van der Waals surface area contributed by atoms with Gasteiger partial charge in [0.15, 0.2) is 5.13 Å². The normalized spacial score (nSPS) is 10.9. The number of fused-ring (bicyclic) bond motifs is 1. The number of aryl methyl sites for hydroxylation is 2. The molecule has 0 aliphatic carbocycles. The molecule has 0 saturated heterocycles. The van der Waals surface area contributed by atoms with Crippen molar-refractivity contribution in [1.82, 2.24) is 4.98 Å². The van der Waals surface area contributed by atoms with Gasteiger partial charge in [-0.25, -0.2) is 4.98 Å². The molecule has 4 nitrogen and oxygen atoms in total. The Morgan fingerprint density at radius 3 is 2.77 bits per heavy atom. The molecule has 0 aliphatic heterocycles. The van der Waals surface area contributed by atoms with Gasteiger partial charge in [-0.1, -0.05) is 37.2 Å². The molecular weight excluding hydrogens is 344 g/mol. The fourth-order valence-corrected chi connectivity index (χ4v) is 3.61. The third-order valence-corrected chi connectivity index (χ3v) is 5.27. The molecule has 2 aromatic carbocycles. The van der Waals surface area contributed by atoms with Crippen molar-refractivity contribution in [2.45, 2.75) is 40.0 Å². The predicted molar refractivity (Wildman–Crippen MR) is 109 cm³/mol. The number of carbonyl (C=O) groups is 1.